The molecule has 5 nitrogen and oxygen atoms in total. The number of amides is 1. The molecule has 0 aliphatic carbocycles. The second kappa shape index (κ2) is 6.86. The van der Waals surface area contributed by atoms with Crippen LogP contribution in [0.3, 0.4) is 0 Å². The van der Waals surface area contributed by atoms with E-state index in [1.807, 2.05) is 43.5 Å². The Morgan fingerprint density at radius 3 is 3.00 bits per heavy atom. The molecule has 1 aromatic carbocycles. The van der Waals surface area contributed by atoms with Crippen LogP contribution in [0.25, 0.3) is 5.69 Å². The van der Waals surface area contributed by atoms with Crippen molar-refractivity contribution in [3.8, 4) is 5.69 Å². The second-order valence-electron chi connectivity index (χ2n) is 4.82. The quantitative estimate of drug-likeness (QED) is 0.846. The van der Waals surface area contributed by atoms with Gasteiger partial charge in [-0.05, 0) is 43.7 Å². The van der Waals surface area contributed by atoms with E-state index in [0.717, 1.165) is 24.2 Å². The summed E-state index contributed by atoms with van der Waals surface area (Å²) in [5, 5.41) is 7.10. The minimum Gasteiger partial charge on any atom is -0.330 e. The Hall–Kier alpha value is -2.14. The second-order valence-corrected chi connectivity index (χ2v) is 4.82. The number of nitrogens with one attached hydrogen (secondary N) is 1. The van der Waals surface area contributed by atoms with E-state index in [0.29, 0.717) is 6.54 Å². The van der Waals surface area contributed by atoms with Gasteiger partial charge < -0.3 is 11.1 Å². The standard InChI is InChI=1S/C15H20N4O/c1-12(5-3-8-16)15(20)18-13-6-2-7-14(11-13)19-10-4-9-17-19/h2,4,6-7,9-12H,3,5,8,16H2,1H3,(H,18,20). The lowest BCUT2D eigenvalue weighted by atomic mass is 10.0. The molecular formula is C15H20N4O. The van der Waals surface area contributed by atoms with Crippen molar-refractivity contribution in [2.45, 2.75) is 19.8 Å². The number of aromatic nitrogens is 2. The highest BCUT2D eigenvalue weighted by molar-refractivity contribution is 5.92. The van der Waals surface area contributed by atoms with Crippen molar-refractivity contribution in [1.29, 1.82) is 0 Å². The molecule has 5 heteroatoms. The summed E-state index contributed by atoms with van der Waals surface area (Å²) in [7, 11) is 0. The van der Waals surface area contributed by atoms with E-state index in [4.69, 9.17) is 5.73 Å². The normalized spacial score (nSPS) is 12.1. The van der Waals surface area contributed by atoms with E-state index in [1.165, 1.54) is 0 Å². The van der Waals surface area contributed by atoms with Crippen LogP contribution in [0.5, 0.6) is 0 Å². The predicted molar refractivity (Wildman–Crippen MR) is 79.6 cm³/mol. The molecule has 0 spiro atoms. The average Bonchev–Trinajstić information content (AvgIpc) is 2.99. The van der Waals surface area contributed by atoms with Crippen molar-refractivity contribution >= 4 is 11.6 Å². The number of carbonyl (C=O) groups excluding carboxylic acids is 1. The Balaban J connectivity index is 2.03. The minimum absolute atomic E-state index is 0.0241. The van der Waals surface area contributed by atoms with Crippen LogP contribution in [0.4, 0.5) is 5.69 Å². The number of nitrogens with two attached hydrogens (primary N) is 1. The Morgan fingerprint density at radius 2 is 2.30 bits per heavy atom. The van der Waals surface area contributed by atoms with Gasteiger partial charge >= 0.3 is 0 Å². The van der Waals surface area contributed by atoms with Gasteiger partial charge in [0.25, 0.3) is 0 Å². The van der Waals surface area contributed by atoms with E-state index in [9.17, 15) is 4.79 Å². The smallest absolute Gasteiger partial charge is 0.227 e. The summed E-state index contributed by atoms with van der Waals surface area (Å²) in [6.45, 7) is 2.54. The van der Waals surface area contributed by atoms with Gasteiger partial charge in [-0.2, -0.15) is 5.10 Å². The lowest BCUT2D eigenvalue weighted by Crippen LogP contribution is -2.21. The van der Waals surface area contributed by atoms with Crippen LogP contribution in [0.2, 0.25) is 0 Å². The summed E-state index contributed by atoms with van der Waals surface area (Å²) in [6.07, 6.45) is 5.26. The van der Waals surface area contributed by atoms with Gasteiger partial charge in [0.15, 0.2) is 0 Å². The number of benzene rings is 1. The zero-order valence-corrected chi connectivity index (χ0v) is 11.6. The molecular weight excluding hydrogens is 252 g/mol. The summed E-state index contributed by atoms with van der Waals surface area (Å²) in [4.78, 5) is 12.0. The molecule has 2 aromatic rings. The number of hydrogen-bond donors (Lipinski definition) is 2. The van der Waals surface area contributed by atoms with Crippen molar-refractivity contribution in [3.05, 3.63) is 42.7 Å². The lowest BCUT2D eigenvalue weighted by molar-refractivity contribution is -0.119. The fourth-order valence-electron chi connectivity index (χ4n) is 1.97. The third-order valence-corrected chi connectivity index (χ3v) is 3.17. The molecule has 1 aromatic heterocycles. The Kier molecular flexibility index (Phi) is 4.90. The summed E-state index contributed by atoms with van der Waals surface area (Å²) < 4.78 is 1.76. The van der Waals surface area contributed by atoms with Gasteiger partial charge in [-0.25, -0.2) is 4.68 Å². The fraction of sp³-hybridized carbons (Fsp3) is 0.333. The monoisotopic (exact) mass is 272 g/mol. The van der Waals surface area contributed by atoms with Crippen molar-refractivity contribution in [1.82, 2.24) is 9.78 Å². The van der Waals surface area contributed by atoms with Gasteiger partial charge in [0.2, 0.25) is 5.91 Å². The third kappa shape index (κ3) is 3.68. The zero-order valence-electron chi connectivity index (χ0n) is 11.6. The van der Waals surface area contributed by atoms with Crippen LogP contribution >= 0.6 is 0 Å². The highest BCUT2D eigenvalue weighted by Gasteiger charge is 2.12. The number of rotatable bonds is 6. The predicted octanol–water partition coefficient (Wildman–Crippen LogP) is 2.19. The summed E-state index contributed by atoms with van der Waals surface area (Å²) in [5.74, 6) is -0.0111. The largest absolute Gasteiger partial charge is 0.330 e. The van der Waals surface area contributed by atoms with Gasteiger partial charge in [-0.1, -0.05) is 13.0 Å². The van der Waals surface area contributed by atoms with E-state index >= 15 is 0 Å². The molecule has 0 aliphatic heterocycles. The fourth-order valence-corrected chi connectivity index (χ4v) is 1.97. The van der Waals surface area contributed by atoms with Gasteiger partial charge in [0, 0.05) is 24.0 Å². The van der Waals surface area contributed by atoms with E-state index in [-0.39, 0.29) is 11.8 Å². The lowest BCUT2D eigenvalue weighted by Gasteiger charge is -2.12. The average molecular weight is 272 g/mol. The third-order valence-electron chi connectivity index (χ3n) is 3.17. The van der Waals surface area contributed by atoms with Gasteiger partial charge in [0.05, 0.1) is 5.69 Å². The van der Waals surface area contributed by atoms with Gasteiger partial charge in [-0.15, -0.1) is 0 Å². The van der Waals surface area contributed by atoms with E-state index < -0.39 is 0 Å². The highest BCUT2D eigenvalue weighted by Crippen LogP contribution is 2.16. The molecule has 0 fully saturated rings. The van der Waals surface area contributed by atoms with Gasteiger partial charge in [0.1, 0.15) is 0 Å². The van der Waals surface area contributed by atoms with Crippen molar-refractivity contribution in [3.63, 3.8) is 0 Å². The molecule has 0 aliphatic rings. The molecule has 1 atom stereocenters. The maximum atomic E-state index is 12.0. The molecule has 0 bridgehead atoms. The number of carbonyl (C=O) groups is 1. The molecule has 1 amide bonds. The zero-order chi connectivity index (χ0) is 14.4. The van der Waals surface area contributed by atoms with Crippen LogP contribution in [0.1, 0.15) is 19.8 Å². The van der Waals surface area contributed by atoms with E-state index in [1.54, 1.807) is 10.9 Å². The maximum Gasteiger partial charge on any atom is 0.227 e. The van der Waals surface area contributed by atoms with Crippen LogP contribution in [0.15, 0.2) is 42.7 Å². The van der Waals surface area contributed by atoms with Crippen LogP contribution in [0, 0.1) is 5.92 Å². The summed E-state index contributed by atoms with van der Waals surface area (Å²) >= 11 is 0. The number of hydrogen-bond acceptors (Lipinski definition) is 3. The summed E-state index contributed by atoms with van der Waals surface area (Å²) in [6, 6.07) is 9.49. The number of anilines is 1. The molecule has 2 rings (SSSR count). The topological polar surface area (TPSA) is 72.9 Å². The SMILES string of the molecule is CC(CCCN)C(=O)Nc1cccc(-n2cccn2)c1. The first-order valence-electron chi connectivity index (χ1n) is 6.81. The van der Waals surface area contributed by atoms with Crippen LogP contribution in [-0.2, 0) is 4.79 Å². The highest BCUT2D eigenvalue weighted by atomic mass is 16.1. The molecule has 0 saturated carbocycles. The molecule has 1 unspecified atom stereocenters. The minimum atomic E-state index is -0.0353. The first kappa shape index (κ1) is 14.3. The Morgan fingerprint density at radius 1 is 1.45 bits per heavy atom. The van der Waals surface area contributed by atoms with Crippen molar-refractivity contribution < 1.29 is 4.79 Å². The molecule has 20 heavy (non-hydrogen) atoms. The number of nitrogens with zero attached hydrogens (tertiary/aromatic N) is 2. The van der Waals surface area contributed by atoms with Crippen molar-refractivity contribution in [2.75, 3.05) is 11.9 Å². The van der Waals surface area contributed by atoms with Gasteiger partial charge in [-0.3, -0.25) is 4.79 Å². The molecule has 1 heterocycles. The first-order chi connectivity index (χ1) is 9.70. The van der Waals surface area contributed by atoms with Crippen LogP contribution in [-0.4, -0.2) is 22.2 Å². The first-order valence-corrected chi connectivity index (χ1v) is 6.81. The summed E-state index contributed by atoms with van der Waals surface area (Å²) in [5.41, 5.74) is 7.16. The Bertz CT molecular complexity index is 551. The Labute approximate surface area is 118 Å². The molecule has 0 saturated heterocycles. The molecule has 106 valence electrons. The molecule has 0 radical (unpaired) electrons. The molecule has 3 N–H and O–H groups in total. The maximum absolute atomic E-state index is 12.0. The van der Waals surface area contributed by atoms with E-state index in [2.05, 4.69) is 10.4 Å². The van der Waals surface area contributed by atoms with Crippen LogP contribution < -0.4 is 11.1 Å². The van der Waals surface area contributed by atoms with Crippen molar-refractivity contribution in [2.24, 2.45) is 11.7 Å².